The van der Waals surface area contributed by atoms with Crippen LogP contribution in [0, 0.1) is 17.8 Å². The number of likely N-dealkylation sites (tertiary alicyclic amines) is 1. The number of carbonyl (C=O) groups excluding carboxylic acids is 22. The van der Waals surface area contributed by atoms with E-state index in [1.165, 1.54) is 130 Å². The van der Waals surface area contributed by atoms with E-state index in [9.17, 15) is 116 Å². The van der Waals surface area contributed by atoms with Crippen molar-refractivity contribution in [1.29, 1.82) is 0 Å². The molecule has 758 valence electrons. The summed E-state index contributed by atoms with van der Waals surface area (Å²) in [7, 11) is 0. The molecule has 22 amide bonds. The van der Waals surface area contributed by atoms with Gasteiger partial charge in [-0.15, -0.1) is 0 Å². The molecule has 1 heterocycles. The summed E-state index contributed by atoms with van der Waals surface area (Å²) < 4.78 is 0. The van der Waals surface area contributed by atoms with Crippen LogP contribution in [0.5, 0.6) is 0 Å². The number of nitrogens with one attached hydrogen (secondary N) is 18. The summed E-state index contributed by atoms with van der Waals surface area (Å²) in [5.41, 5.74) is 4.51. The second kappa shape index (κ2) is 51.8. The van der Waals surface area contributed by atoms with E-state index in [0.717, 1.165) is 5.56 Å². The van der Waals surface area contributed by atoms with E-state index >= 15 is 0 Å². The van der Waals surface area contributed by atoms with Crippen molar-refractivity contribution >= 4 is 130 Å². The van der Waals surface area contributed by atoms with Gasteiger partial charge in [0.25, 0.3) is 0 Å². The summed E-state index contributed by atoms with van der Waals surface area (Å²) in [6.45, 7) is 32.0. The number of carbonyl (C=O) groups is 22. The van der Waals surface area contributed by atoms with Gasteiger partial charge in [-0.05, 0) is 192 Å². The largest absolute Gasteiger partial charge is 0.394 e. The van der Waals surface area contributed by atoms with Crippen LogP contribution in [0.4, 0.5) is 0 Å². The minimum atomic E-state index is -1.94. The monoisotopic (exact) mass is 1910 g/mol. The number of primary amides is 3. The average molecular weight is 1910 g/mol. The molecule has 1 aliphatic rings. The van der Waals surface area contributed by atoms with E-state index in [1.54, 1.807) is 71.9 Å². The molecule has 26 N–H and O–H groups in total. The fourth-order valence-corrected chi connectivity index (χ4v) is 13.6. The third-order valence-electron chi connectivity index (χ3n) is 22.2. The van der Waals surface area contributed by atoms with Gasteiger partial charge in [0.05, 0.1) is 19.3 Å². The second-order valence-electron chi connectivity index (χ2n) is 38.9. The lowest BCUT2D eigenvalue weighted by molar-refractivity contribution is -0.145. The number of aliphatic hydroxyl groups excluding tert-OH is 2. The van der Waals surface area contributed by atoms with Crippen LogP contribution >= 0.6 is 0 Å². The number of aliphatic hydroxyl groups is 2. The van der Waals surface area contributed by atoms with Gasteiger partial charge in [0.15, 0.2) is 0 Å². The van der Waals surface area contributed by atoms with Crippen molar-refractivity contribution in [3.8, 4) is 0 Å². The molecular formula is C89H148N22O24. The van der Waals surface area contributed by atoms with Gasteiger partial charge in [0, 0.05) is 32.7 Å². The maximum atomic E-state index is 14.7. The van der Waals surface area contributed by atoms with Gasteiger partial charge in [-0.1, -0.05) is 78.3 Å². The third-order valence-corrected chi connectivity index (χ3v) is 22.2. The topological polar surface area (TPSA) is 714 Å². The van der Waals surface area contributed by atoms with E-state index < -0.39 is 280 Å². The minimum Gasteiger partial charge on any atom is -0.394 e. The molecule has 0 aliphatic carbocycles. The van der Waals surface area contributed by atoms with E-state index in [2.05, 4.69) is 95.7 Å². The highest BCUT2D eigenvalue weighted by Crippen LogP contribution is 2.25. The Labute approximate surface area is 788 Å². The molecule has 0 bridgehead atoms. The molecule has 1 aromatic carbocycles. The molecule has 46 nitrogen and oxygen atoms in total. The standard InChI is InChI=1S/C89H148N22O24/c1-25-47(6)64(75(128)98-55(34-37-62(91)116)69(122)97-54(33-36-61(90)115)68(121)96-53(43-112)42-52-30-27-26-28-31-52)103-79(132)84(13,14)107-72(125)58(41-46(4)5)100-74(127)60-32-29-39-111(60)82(135)89(23,24)108-73(126)57(40-45(2)3)99-70(123)59(44-113)101-66(119)49(8)95-77(130)85(15,16)109-81(134)88(21,22)106-71(124)56(35-38-63(92)117)102-78(131)86(17,18)110-80(133)87(19,20)105-67(120)50(9)93-65(118)48(7)94-76(129)83(11,12)104-51(10)114/h26-28,30-31,45-50,53-60,64,112-113H,25,29,32-44H2,1-24H3,(H2,90,115)(H2,91,116)(H2,92,117)(H,93,118)(H,94,129)(H,95,130)(H,96,121)(H,97,122)(H,98,128)(H,99,123)(H,100,127)(H,101,119)(H,102,131)(H,103,132)(H,104,114)(H,105,120)(H,106,124)(H,107,125)(H,108,126)(H,109,134)(H,110,133)/t47-,48-,49-,50-,53-,54-,55-,56-,57-,58-,59-,60+,64-/m0/s1. The van der Waals surface area contributed by atoms with Gasteiger partial charge >= 0.3 is 0 Å². The molecule has 0 saturated carbocycles. The molecule has 1 saturated heterocycles. The van der Waals surface area contributed by atoms with Crippen molar-refractivity contribution in [2.75, 3.05) is 19.8 Å². The van der Waals surface area contributed by atoms with Crippen LogP contribution in [0.3, 0.4) is 0 Å². The molecule has 13 atom stereocenters. The Morgan fingerprint density at radius 2 is 0.719 bits per heavy atom. The molecule has 2 rings (SSSR count). The van der Waals surface area contributed by atoms with Gasteiger partial charge in [-0.2, -0.15) is 0 Å². The lowest BCUT2D eigenvalue weighted by Gasteiger charge is -2.35. The molecule has 0 radical (unpaired) electrons. The SMILES string of the molecule is CC[C@H](C)[C@H](NC(=O)C(C)(C)NC(=O)[C@H](CC(C)C)NC(=O)[C@H]1CCCN1C(=O)C(C)(C)NC(=O)[C@H](CC(C)C)NC(=O)[C@H](CO)NC(=O)[C@H](C)NC(=O)C(C)(C)NC(=O)C(C)(C)NC(=O)[C@H](CCC(N)=O)NC(=O)C(C)(C)NC(=O)C(C)(C)NC(=O)[C@H](C)NC(=O)[C@H](C)NC(=O)C(C)(C)NC(C)=O)C(=O)N[C@@H](CCC(N)=O)C(=O)N[C@@H](CCC(N)=O)C(=O)N[C@H](CO)Cc1ccccc1. The Hall–Kier alpha value is -12.5. The summed E-state index contributed by atoms with van der Waals surface area (Å²) in [5, 5.41) is 66.0. The van der Waals surface area contributed by atoms with E-state index in [1.807, 2.05) is 0 Å². The van der Waals surface area contributed by atoms with Crippen molar-refractivity contribution in [2.24, 2.45) is 35.0 Å². The fourth-order valence-electron chi connectivity index (χ4n) is 13.6. The van der Waals surface area contributed by atoms with Gasteiger partial charge in [0.1, 0.15) is 105 Å². The number of rotatable bonds is 55. The predicted octanol–water partition coefficient (Wildman–Crippen LogP) is -5.18. The Morgan fingerprint density at radius 1 is 0.370 bits per heavy atom. The summed E-state index contributed by atoms with van der Waals surface area (Å²) >= 11 is 0. The van der Waals surface area contributed by atoms with Crippen molar-refractivity contribution in [1.82, 2.24) is 101 Å². The van der Waals surface area contributed by atoms with Crippen LogP contribution in [0.2, 0.25) is 0 Å². The average Bonchev–Trinajstić information content (AvgIpc) is 1.79. The zero-order chi connectivity index (χ0) is 104. The molecule has 1 aromatic rings. The normalized spacial score (nSPS) is 15.7. The highest BCUT2D eigenvalue weighted by Gasteiger charge is 2.48. The fraction of sp³-hybridized carbons (Fsp3) is 0.685. The maximum absolute atomic E-state index is 14.7. The van der Waals surface area contributed by atoms with Crippen LogP contribution in [0.15, 0.2) is 30.3 Å². The lowest BCUT2D eigenvalue weighted by Crippen LogP contribution is -2.67. The molecular weight excluding hydrogens is 1760 g/mol. The first kappa shape index (κ1) is 119. The van der Waals surface area contributed by atoms with Gasteiger partial charge < -0.3 is 128 Å². The van der Waals surface area contributed by atoms with Crippen LogP contribution in [0.25, 0.3) is 0 Å². The second-order valence-corrected chi connectivity index (χ2v) is 38.9. The molecule has 1 aliphatic heterocycles. The first-order valence-electron chi connectivity index (χ1n) is 45.0. The minimum absolute atomic E-state index is 0.00359. The van der Waals surface area contributed by atoms with Crippen molar-refractivity contribution in [2.45, 2.75) is 354 Å². The Morgan fingerprint density at radius 3 is 1.15 bits per heavy atom. The van der Waals surface area contributed by atoms with Gasteiger partial charge in [-0.3, -0.25) is 105 Å². The Bertz CT molecular complexity index is 4460. The number of amides is 22. The number of hydrogen-bond donors (Lipinski definition) is 23. The summed E-state index contributed by atoms with van der Waals surface area (Å²) in [5.74, 6) is -20.6. The van der Waals surface area contributed by atoms with Crippen molar-refractivity contribution < 1.29 is 116 Å². The summed E-state index contributed by atoms with van der Waals surface area (Å²) in [6.07, 6.45) is -1.63. The van der Waals surface area contributed by atoms with Crippen molar-refractivity contribution in [3.05, 3.63) is 35.9 Å². The molecule has 0 aromatic heterocycles. The first-order valence-corrected chi connectivity index (χ1v) is 45.0. The first-order chi connectivity index (χ1) is 62.0. The van der Waals surface area contributed by atoms with E-state index in [4.69, 9.17) is 17.2 Å². The summed E-state index contributed by atoms with van der Waals surface area (Å²) in [4.78, 5) is 300. The van der Waals surface area contributed by atoms with Gasteiger partial charge in [-0.25, -0.2) is 0 Å². The van der Waals surface area contributed by atoms with Gasteiger partial charge in [0.2, 0.25) is 130 Å². The smallest absolute Gasteiger partial charge is 0.248 e. The molecule has 0 spiro atoms. The molecule has 46 heteroatoms. The highest BCUT2D eigenvalue weighted by atomic mass is 16.3. The van der Waals surface area contributed by atoms with E-state index in [0.29, 0.717) is 0 Å². The molecule has 0 unspecified atom stereocenters. The number of hydrogen-bond acceptors (Lipinski definition) is 24. The molecule has 1 fully saturated rings. The van der Waals surface area contributed by atoms with Crippen LogP contribution < -0.4 is 113 Å². The van der Waals surface area contributed by atoms with Crippen LogP contribution in [0.1, 0.15) is 242 Å². The summed E-state index contributed by atoms with van der Waals surface area (Å²) in [6, 6.07) is -7.77. The molecule has 135 heavy (non-hydrogen) atoms. The number of benzene rings is 1. The Balaban J connectivity index is 2.24. The lowest BCUT2D eigenvalue weighted by atomic mass is 9.95. The van der Waals surface area contributed by atoms with Crippen molar-refractivity contribution in [3.63, 3.8) is 0 Å². The van der Waals surface area contributed by atoms with Crippen LogP contribution in [-0.2, 0) is 112 Å². The number of nitrogens with two attached hydrogens (primary N) is 3. The Kier molecular flexibility index (Phi) is 45.5. The third kappa shape index (κ3) is 38.8. The zero-order valence-electron chi connectivity index (χ0n) is 82.2. The highest BCUT2D eigenvalue weighted by molar-refractivity contribution is 6.04. The van der Waals surface area contributed by atoms with E-state index in [-0.39, 0.29) is 76.2 Å². The number of nitrogens with zero attached hydrogens (tertiary/aromatic N) is 1. The maximum Gasteiger partial charge on any atom is 0.248 e. The predicted molar refractivity (Wildman–Crippen MR) is 492 cm³/mol. The quantitative estimate of drug-likeness (QED) is 0.0290. The van der Waals surface area contributed by atoms with Crippen LogP contribution in [-0.4, -0.2) is 276 Å². The zero-order valence-corrected chi connectivity index (χ0v) is 82.2.